The van der Waals surface area contributed by atoms with E-state index in [0.29, 0.717) is 18.7 Å². The molecule has 2 aromatic rings. The van der Waals surface area contributed by atoms with E-state index in [1.54, 1.807) is 0 Å². The molecular weight excluding hydrogens is 452 g/mol. The molecule has 1 aliphatic rings. The lowest BCUT2D eigenvalue weighted by molar-refractivity contribution is -0.133. The third kappa shape index (κ3) is 4.47. The Bertz CT molecular complexity index is 1110. The molecule has 0 atom stereocenters. The summed E-state index contributed by atoms with van der Waals surface area (Å²) in [5.74, 6) is -2.30. The molecule has 0 radical (unpaired) electrons. The molecule has 1 fully saturated rings. The van der Waals surface area contributed by atoms with Crippen LogP contribution in [0.1, 0.15) is 47.9 Å². The van der Waals surface area contributed by atoms with E-state index >= 15 is 0 Å². The Morgan fingerprint density at radius 3 is 2.53 bits per heavy atom. The molecule has 1 aromatic carbocycles. The molecule has 0 unspecified atom stereocenters. The van der Waals surface area contributed by atoms with Crippen molar-refractivity contribution in [2.45, 2.75) is 43.3 Å². The fourth-order valence-corrected chi connectivity index (χ4v) is 5.70. The summed E-state index contributed by atoms with van der Waals surface area (Å²) < 4.78 is 26.0. The monoisotopic (exact) mass is 470 g/mol. The van der Waals surface area contributed by atoms with Crippen LogP contribution in [-0.2, 0) is 31.6 Å². The van der Waals surface area contributed by atoms with Crippen LogP contribution in [0, 0.1) is 5.92 Å². The Kier molecular flexibility index (Phi) is 6.73. The van der Waals surface area contributed by atoms with Crippen molar-refractivity contribution < 1.29 is 22.8 Å². The lowest BCUT2D eigenvalue weighted by Gasteiger charge is -2.20. The van der Waals surface area contributed by atoms with Gasteiger partial charge in [0.2, 0.25) is 0 Å². The Labute approximate surface area is 182 Å². The molecule has 1 aromatic heterocycles. The molecule has 1 heterocycles. The summed E-state index contributed by atoms with van der Waals surface area (Å²) in [4.78, 5) is 37.3. The van der Waals surface area contributed by atoms with Crippen LogP contribution in [0.4, 0.5) is 0 Å². The van der Waals surface area contributed by atoms with Crippen LogP contribution in [0.25, 0.3) is 0 Å². The smallest absolute Gasteiger partial charge is 0.182 e. The Morgan fingerprint density at radius 1 is 1.27 bits per heavy atom. The quantitative estimate of drug-likeness (QED) is 0.441. The predicted molar refractivity (Wildman–Crippen MR) is 110 cm³/mol. The van der Waals surface area contributed by atoms with Gasteiger partial charge in [0, 0.05) is 42.4 Å². The molecule has 160 valence electrons. The molecule has 0 bridgehead atoms. The number of benzene rings is 1. The van der Waals surface area contributed by atoms with Gasteiger partial charge in [0.25, 0.3) is 0 Å². The van der Waals surface area contributed by atoms with Crippen molar-refractivity contribution in [1.82, 2.24) is 19.6 Å². The second-order valence-corrected chi connectivity index (χ2v) is 10.1. The van der Waals surface area contributed by atoms with E-state index in [9.17, 15) is 22.8 Å². The number of sulfone groups is 1. The normalized spacial score (nSPS) is 15.6. The number of aromatic nitrogens is 4. The van der Waals surface area contributed by atoms with Gasteiger partial charge in [-0.1, -0.05) is 18.5 Å². The summed E-state index contributed by atoms with van der Waals surface area (Å²) in [6.45, 7) is 1.87. The highest BCUT2D eigenvalue weighted by molar-refractivity contribution is 7.97. The van der Waals surface area contributed by atoms with Gasteiger partial charge in [-0.15, -0.1) is 5.10 Å². The molecule has 9 nitrogen and oxygen atoms in total. The predicted octanol–water partition coefficient (Wildman–Crippen LogP) is 2.11. The van der Waals surface area contributed by atoms with Crippen LogP contribution < -0.4 is 0 Å². The fraction of sp³-hybridized carbons (Fsp3) is 0.444. The minimum absolute atomic E-state index is 0.0380. The van der Waals surface area contributed by atoms with E-state index in [1.165, 1.54) is 16.2 Å². The summed E-state index contributed by atoms with van der Waals surface area (Å²) in [6.07, 6.45) is 2.34. The number of aryl methyl sites for hydroxylation is 1. The first-order chi connectivity index (χ1) is 14.1. The fourth-order valence-electron chi connectivity index (χ4n) is 3.26. The van der Waals surface area contributed by atoms with Gasteiger partial charge in [-0.05, 0) is 40.9 Å². The number of ketones is 3. The number of carbonyl (C=O) groups is 3. The van der Waals surface area contributed by atoms with Gasteiger partial charge in [-0.25, -0.2) is 8.42 Å². The van der Waals surface area contributed by atoms with Crippen LogP contribution in [0.2, 0.25) is 5.02 Å². The lowest BCUT2D eigenvalue weighted by atomic mass is 9.81. The van der Waals surface area contributed by atoms with Crippen molar-refractivity contribution in [2.24, 2.45) is 5.92 Å². The summed E-state index contributed by atoms with van der Waals surface area (Å²) in [5.41, 5.74) is 0.156. The molecule has 1 aliphatic carbocycles. The molecule has 0 saturated heterocycles. The summed E-state index contributed by atoms with van der Waals surface area (Å²) in [6, 6.07) is 2.54. The number of carbonyl (C=O) groups excluding carboxylic acids is 3. The van der Waals surface area contributed by atoms with Crippen LogP contribution in [0.5, 0.6) is 0 Å². The molecule has 0 amide bonds. The number of Topliss-reactive ketones (excluding diaryl/α,β-unsaturated/α-hetero) is 3. The van der Waals surface area contributed by atoms with E-state index in [0.717, 1.165) is 18.2 Å². The highest BCUT2D eigenvalue weighted by Gasteiger charge is 2.38. The van der Waals surface area contributed by atoms with E-state index in [4.69, 9.17) is 11.6 Å². The molecule has 3 rings (SSSR count). The Morgan fingerprint density at radius 2 is 1.93 bits per heavy atom. The minimum Gasteiger partial charge on any atom is -0.298 e. The first-order valence-electron chi connectivity index (χ1n) is 9.16. The largest absolute Gasteiger partial charge is 0.298 e. The maximum absolute atomic E-state index is 13.0. The van der Waals surface area contributed by atoms with Crippen molar-refractivity contribution in [3.8, 4) is 0 Å². The van der Waals surface area contributed by atoms with Crippen LogP contribution >= 0.6 is 23.5 Å². The third-order valence-electron chi connectivity index (χ3n) is 4.77. The van der Waals surface area contributed by atoms with E-state index < -0.39 is 33.1 Å². The van der Waals surface area contributed by atoms with Gasteiger partial charge in [-0.2, -0.15) is 4.09 Å². The van der Waals surface area contributed by atoms with Crippen molar-refractivity contribution >= 4 is 50.7 Å². The Hall–Kier alpha value is -2.11. The molecular formula is C18H19ClN4O5S2. The maximum atomic E-state index is 13.0. The van der Waals surface area contributed by atoms with Gasteiger partial charge in [-0.3, -0.25) is 14.4 Å². The van der Waals surface area contributed by atoms with E-state index in [2.05, 4.69) is 15.5 Å². The number of nitrogens with zero attached hydrogens (tertiary/aromatic N) is 4. The molecule has 12 heteroatoms. The Balaban J connectivity index is 2.02. The molecule has 0 spiro atoms. The SMILES string of the molecule is CCc1nnnn1SCc1c(S(C)(=O)=O)ccc(C(=O)C2C(=O)CCCC2=O)c1Cl. The zero-order chi connectivity index (χ0) is 22.1. The van der Waals surface area contributed by atoms with Gasteiger partial charge < -0.3 is 0 Å². The minimum atomic E-state index is -3.66. The number of rotatable bonds is 7. The molecule has 0 N–H and O–H groups in total. The topological polar surface area (TPSA) is 129 Å². The number of tetrazole rings is 1. The second-order valence-electron chi connectivity index (χ2n) is 6.85. The van der Waals surface area contributed by atoms with E-state index in [1.807, 2.05) is 6.92 Å². The highest BCUT2D eigenvalue weighted by Crippen LogP contribution is 2.34. The zero-order valence-corrected chi connectivity index (χ0v) is 18.7. The molecule has 0 aliphatic heterocycles. The molecule has 30 heavy (non-hydrogen) atoms. The van der Waals surface area contributed by atoms with Gasteiger partial charge in [0.05, 0.1) is 9.92 Å². The van der Waals surface area contributed by atoms with Gasteiger partial charge in [0.15, 0.2) is 33.0 Å². The second kappa shape index (κ2) is 8.94. The number of hydrogen-bond donors (Lipinski definition) is 0. The average Bonchev–Trinajstić information content (AvgIpc) is 3.13. The average molecular weight is 471 g/mol. The first kappa shape index (κ1) is 22.6. The third-order valence-corrected chi connectivity index (χ3v) is 7.33. The van der Waals surface area contributed by atoms with Crippen LogP contribution in [0.3, 0.4) is 0 Å². The summed E-state index contributed by atoms with van der Waals surface area (Å²) in [7, 11) is -3.66. The summed E-state index contributed by atoms with van der Waals surface area (Å²) in [5, 5.41) is 11.2. The highest BCUT2D eigenvalue weighted by atomic mass is 35.5. The first-order valence-corrected chi connectivity index (χ1v) is 12.4. The lowest BCUT2D eigenvalue weighted by Crippen LogP contribution is -2.35. The van der Waals surface area contributed by atoms with Crippen molar-refractivity contribution in [3.05, 3.63) is 34.1 Å². The standard InChI is InChI=1S/C18H19ClN4O5S2/c1-3-15-20-21-22-23(15)29-9-11-14(30(2,27)28)8-7-10(17(11)19)18(26)16-12(24)5-4-6-13(16)25/h7-8,16H,3-6,9H2,1-2H3. The number of halogens is 1. The van der Waals surface area contributed by atoms with Crippen LogP contribution in [0.15, 0.2) is 17.0 Å². The van der Waals surface area contributed by atoms with Gasteiger partial charge in [0.1, 0.15) is 5.92 Å². The van der Waals surface area contributed by atoms with Crippen molar-refractivity contribution in [1.29, 1.82) is 0 Å². The molecule has 1 saturated carbocycles. The van der Waals surface area contributed by atoms with Crippen molar-refractivity contribution in [3.63, 3.8) is 0 Å². The van der Waals surface area contributed by atoms with Crippen LogP contribution in [-0.4, -0.2) is 51.6 Å². The van der Waals surface area contributed by atoms with Gasteiger partial charge >= 0.3 is 0 Å². The van der Waals surface area contributed by atoms with Crippen molar-refractivity contribution in [2.75, 3.05) is 6.26 Å². The zero-order valence-electron chi connectivity index (χ0n) is 16.3. The van der Waals surface area contributed by atoms with E-state index in [-0.39, 0.29) is 39.6 Å². The summed E-state index contributed by atoms with van der Waals surface area (Å²) >= 11 is 7.58. The number of hydrogen-bond acceptors (Lipinski definition) is 9. The maximum Gasteiger partial charge on any atom is 0.182 e.